The lowest BCUT2D eigenvalue weighted by Gasteiger charge is -2.31. The molecule has 23 heavy (non-hydrogen) atoms. The van der Waals surface area contributed by atoms with E-state index >= 15 is 0 Å². The quantitative estimate of drug-likeness (QED) is 0.814. The fourth-order valence-corrected chi connectivity index (χ4v) is 4.41. The number of piperidine rings is 1. The van der Waals surface area contributed by atoms with Crippen molar-refractivity contribution >= 4 is 27.5 Å². The zero-order valence-electron chi connectivity index (χ0n) is 12.5. The predicted molar refractivity (Wildman–Crippen MR) is 85.0 cm³/mol. The van der Waals surface area contributed by atoms with Gasteiger partial charge in [0.05, 0.1) is 10.8 Å². The van der Waals surface area contributed by atoms with Crippen LogP contribution in [0.15, 0.2) is 23.1 Å². The Labute approximate surface area is 139 Å². The smallest absolute Gasteiger partial charge is 0.243 e. The topological polar surface area (TPSA) is 92.5 Å². The summed E-state index contributed by atoms with van der Waals surface area (Å²) in [7, 11) is -3.89. The summed E-state index contributed by atoms with van der Waals surface area (Å²) in [5.74, 6) is -1.37. The van der Waals surface area contributed by atoms with Crippen LogP contribution in [0.4, 0.5) is 4.39 Å². The van der Waals surface area contributed by atoms with Crippen LogP contribution < -0.4 is 11.1 Å². The molecule has 1 fully saturated rings. The number of carbonyl (C=O) groups is 1. The lowest BCUT2D eigenvalue weighted by atomic mass is 9.99. The van der Waals surface area contributed by atoms with Crippen LogP contribution in [0.25, 0.3) is 0 Å². The normalized spacial score (nSPS) is 19.5. The maximum Gasteiger partial charge on any atom is 0.243 e. The Morgan fingerprint density at radius 2 is 2.17 bits per heavy atom. The summed E-state index contributed by atoms with van der Waals surface area (Å²) >= 11 is 5.73. The molecule has 1 atom stereocenters. The molecule has 128 valence electrons. The van der Waals surface area contributed by atoms with E-state index in [1.54, 1.807) is 0 Å². The van der Waals surface area contributed by atoms with Crippen molar-refractivity contribution < 1.29 is 17.6 Å². The highest BCUT2D eigenvalue weighted by atomic mass is 35.5. The molecular weight excluding hydrogens is 345 g/mol. The van der Waals surface area contributed by atoms with E-state index in [2.05, 4.69) is 5.32 Å². The Morgan fingerprint density at radius 1 is 1.43 bits per heavy atom. The van der Waals surface area contributed by atoms with E-state index in [4.69, 9.17) is 17.3 Å². The Bertz CT molecular complexity index is 664. The third-order valence-corrected chi connectivity index (χ3v) is 5.73. The Kier molecular flexibility index (Phi) is 5.96. The average Bonchev–Trinajstić information content (AvgIpc) is 2.51. The summed E-state index contributed by atoms with van der Waals surface area (Å²) in [5.41, 5.74) is 5.34. The van der Waals surface area contributed by atoms with Gasteiger partial charge >= 0.3 is 0 Å². The average molecular weight is 364 g/mol. The molecule has 3 N–H and O–H groups in total. The molecule has 1 amide bonds. The van der Waals surface area contributed by atoms with Gasteiger partial charge in [0.25, 0.3) is 0 Å². The molecule has 0 saturated carbocycles. The molecule has 1 unspecified atom stereocenters. The molecule has 0 aromatic heterocycles. The molecule has 1 aliphatic rings. The number of hydrogen-bond donors (Lipinski definition) is 2. The predicted octanol–water partition coefficient (Wildman–Crippen LogP) is 0.955. The first kappa shape index (κ1) is 18.1. The van der Waals surface area contributed by atoms with E-state index in [0.29, 0.717) is 25.9 Å². The Hall–Kier alpha value is -1.22. The van der Waals surface area contributed by atoms with Crippen molar-refractivity contribution in [2.75, 3.05) is 26.2 Å². The number of halogens is 2. The molecule has 0 spiro atoms. The van der Waals surface area contributed by atoms with Crippen LogP contribution in [-0.2, 0) is 14.8 Å². The second-order valence-corrected chi connectivity index (χ2v) is 7.76. The number of amides is 1. The molecular formula is C14H19ClFN3O3S. The standard InChI is InChI=1S/C14H19ClFN3O3S/c15-11-6-12(16)8-13(7-11)23(21,22)19-5-1-2-10(9-19)14(20)18-4-3-17/h6-8,10H,1-5,9,17H2,(H,18,20). The number of nitrogens with one attached hydrogen (secondary N) is 1. The highest BCUT2D eigenvalue weighted by Crippen LogP contribution is 2.26. The van der Waals surface area contributed by atoms with Crippen LogP contribution in [0.5, 0.6) is 0 Å². The molecule has 0 bridgehead atoms. The molecule has 1 aliphatic heterocycles. The Balaban J connectivity index is 2.17. The van der Waals surface area contributed by atoms with E-state index in [-0.39, 0.29) is 28.9 Å². The summed E-state index contributed by atoms with van der Waals surface area (Å²) in [5, 5.41) is 2.68. The maximum atomic E-state index is 13.4. The third-order valence-electron chi connectivity index (χ3n) is 3.67. The molecule has 9 heteroatoms. The van der Waals surface area contributed by atoms with Crippen molar-refractivity contribution in [2.45, 2.75) is 17.7 Å². The fourth-order valence-electron chi connectivity index (χ4n) is 2.54. The van der Waals surface area contributed by atoms with Gasteiger partial charge in [0.1, 0.15) is 5.82 Å². The monoisotopic (exact) mass is 363 g/mol. The van der Waals surface area contributed by atoms with E-state index in [0.717, 1.165) is 12.1 Å². The summed E-state index contributed by atoms with van der Waals surface area (Å²) in [4.78, 5) is 11.8. The van der Waals surface area contributed by atoms with Crippen molar-refractivity contribution in [3.05, 3.63) is 29.0 Å². The number of benzene rings is 1. The minimum absolute atomic E-state index is 0.0119. The third kappa shape index (κ3) is 4.41. The summed E-state index contributed by atoms with van der Waals surface area (Å²) in [6, 6.07) is 3.18. The maximum absolute atomic E-state index is 13.4. The van der Waals surface area contributed by atoms with Crippen LogP contribution in [0.3, 0.4) is 0 Å². The SMILES string of the molecule is NCCNC(=O)C1CCCN(S(=O)(=O)c2cc(F)cc(Cl)c2)C1. The largest absolute Gasteiger partial charge is 0.355 e. The number of rotatable bonds is 5. The molecule has 1 aromatic carbocycles. The number of hydrogen-bond acceptors (Lipinski definition) is 4. The van der Waals surface area contributed by atoms with Crippen LogP contribution in [0.1, 0.15) is 12.8 Å². The van der Waals surface area contributed by atoms with Gasteiger partial charge < -0.3 is 11.1 Å². The number of sulfonamides is 1. The first-order valence-electron chi connectivity index (χ1n) is 7.28. The van der Waals surface area contributed by atoms with E-state index in [9.17, 15) is 17.6 Å². The van der Waals surface area contributed by atoms with Gasteiger partial charge in [-0.1, -0.05) is 11.6 Å². The van der Waals surface area contributed by atoms with Gasteiger partial charge in [-0.2, -0.15) is 4.31 Å². The molecule has 1 saturated heterocycles. The van der Waals surface area contributed by atoms with Gasteiger partial charge in [0.15, 0.2) is 0 Å². The van der Waals surface area contributed by atoms with Gasteiger partial charge in [-0.3, -0.25) is 4.79 Å². The summed E-state index contributed by atoms with van der Waals surface area (Å²) in [6.07, 6.45) is 1.16. The minimum Gasteiger partial charge on any atom is -0.355 e. The number of carbonyl (C=O) groups excluding carboxylic acids is 1. The number of nitrogens with two attached hydrogens (primary N) is 1. The highest BCUT2D eigenvalue weighted by Gasteiger charge is 2.33. The second-order valence-electron chi connectivity index (χ2n) is 5.39. The van der Waals surface area contributed by atoms with Crippen molar-refractivity contribution in [1.29, 1.82) is 0 Å². The zero-order valence-corrected chi connectivity index (χ0v) is 14.0. The summed E-state index contributed by atoms with van der Waals surface area (Å²) in [6.45, 7) is 1.02. The van der Waals surface area contributed by atoms with Gasteiger partial charge in [-0.25, -0.2) is 12.8 Å². The molecule has 0 aliphatic carbocycles. The van der Waals surface area contributed by atoms with Crippen LogP contribution in [0, 0.1) is 11.7 Å². The molecule has 2 rings (SSSR count). The van der Waals surface area contributed by atoms with Crippen LogP contribution in [0.2, 0.25) is 5.02 Å². The van der Waals surface area contributed by atoms with Gasteiger partial charge in [0.2, 0.25) is 15.9 Å². The van der Waals surface area contributed by atoms with Crippen molar-refractivity contribution in [1.82, 2.24) is 9.62 Å². The molecule has 1 aromatic rings. The van der Waals surface area contributed by atoms with Gasteiger partial charge in [-0.15, -0.1) is 0 Å². The first-order valence-corrected chi connectivity index (χ1v) is 9.10. The Morgan fingerprint density at radius 3 is 2.83 bits per heavy atom. The highest BCUT2D eigenvalue weighted by molar-refractivity contribution is 7.89. The molecule has 6 nitrogen and oxygen atoms in total. The fraction of sp³-hybridized carbons (Fsp3) is 0.500. The van der Waals surface area contributed by atoms with Gasteiger partial charge in [-0.05, 0) is 31.0 Å². The second kappa shape index (κ2) is 7.57. The van der Waals surface area contributed by atoms with Crippen molar-refractivity contribution in [3.63, 3.8) is 0 Å². The minimum atomic E-state index is -3.89. The first-order chi connectivity index (χ1) is 10.8. The summed E-state index contributed by atoms with van der Waals surface area (Å²) < 4.78 is 39.9. The number of nitrogens with zero attached hydrogens (tertiary/aromatic N) is 1. The molecule has 0 radical (unpaired) electrons. The van der Waals surface area contributed by atoms with E-state index in [1.807, 2.05) is 0 Å². The van der Waals surface area contributed by atoms with Crippen LogP contribution >= 0.6 is 11.6 Å². The molecule has 1 heterocycles. The lowest BCUT2D eigenvalue weighted by Crippen LogP contribution is -2.46. The van der Waals surface area contributed by atoms with Crippen molar-refractivity contribution in [3.8, 4) is 0 Å². The van der Waals surface area contributed by atoms with Crippen molar-refractivity contribution in [2.24, 2.45) is 11.7 Å². The van der Waals surface area contributed by atoms with Gasteiger partial charge in [0, 0.05) is 31.2 Å². The van der Waals surface area contributed by atoms with E-state index in [1.165, 1.54) is 10.4 Å². The lowest BCUT2D eigenvalue weighted by molar-refractivity contribution is -0.126. The van der Waals surface area contributed by atoms with E-state index < -0.39 is 21.8 Å². The van der Waals surface area contributed by atoms with Crippen LogP contribution in [-0.4, -0.2) is 44.8 Å². The zero-order chi connectivity index (χ0) is 17.0.